The summed E-state index contributed by atoms with van der Waals surface area (Å²) in [6, 6.07) is 0. The molecule has 1 N–H and O–H groups in total. The van der Waals surface area contributed by atoms with Crippen molar-refractivity contribution in [3.63, 3.8) is 0 Å². The summed E-state index contributed by atoms with van der Waals surface area (Å²) < 4.78 is 6.47. The van der Waals surface area contributed by atoms with Gasteiger partial charge in [0.15, 0.2) is 0 Å². The van der Waals surface area contributed by atoms with E-state index in [-0.39, 0.29) is 11.7 Å². The highest BCUT2D eigenvalue weighted by Crippen LogP contribution is 2.22. The van der Waals surface area contributed by atoms with E-state index in [1.165, 1.54) is 7.05 Å². The first-order valence-corrected chi connectivity index (χ1v) is 4.62. The average molecular weight is 196 g/mol. The van der Waals surface area contributed by atoms with Gasteiger partial charge in [-0.1, -0.05) is 6.92 Å². The summed E-state index contributed by atoms with van der Waals surface area (Å²) in [5.41, 5.74) is -0.0934. The number of aromatic amines is 1. The third kappa shape index (κ3) is 1.16. The molecule has 0 fully saturated rings. The Labute approximate surface area is 80.3 Å². The van der Waals surface area contributed by atoms with Crippen LogP contribution in [0.5, 0.6) is 5.88 Å². The summed E-state index contributed by atoms with van der Waals surface area (Å²) >= 11 is 0. The van der Waals surface area contributed by atoms with Crippen LogP contribution in [0.2, 0.25) is 0 Å². The van der Waals surface area contributed by atoms with Gasteiger partial charge < -0.3 is 4.74 Å². The summed E-state index contributed by atoms with van der Waals surface area (Å²) in [6.07, 6.45) is 1.45. The SMILES string of the molecule is CC[C@H]1Cc2c([nH]c(=O)n(C)c2=O)O1. The molecule has 0 radical (unpaired) electrons. The van der Waals surface area contributed by atoms with E-state index in [4.69, 9.17) is 4.74 Å². The molecule has 14 heavy (non-hydrogen) atoms. The van der Waals surface area contributed by atoms with Gasteiger partial charge in [-0.15, -0.1) is 0 Å². The van der Waals surface area contributed by atoms with Crippen LogP contribution in [-0.2, 0) is 13.5 Å². The van der Waals surface area contributed by atoms with Gasteiger partial charge in [-0.2, -0.15) is 0 Å². The van der Waals surface area contributed by atoms with Gasteiger partial charge in [0, 0.05) is 13.5 Å². The molecular weight excluding hydrogens is 184 g/mol. The Bertz CT molecular complexity index is 472. The molecular formula is C9H12N2O3. The summed E-state index contributed by atoms with van der Waals surface area (Å²) in [5, 5.41) is 0. The molecule has 0 bridgehead atoms. The Kier molecular flexibility index (Phi) is 1.94. The number of hydrogen-bond acceptors (Lipinski definition) is 3. The predicted octanol–water partition coefficient (Wildman–Crippen LogP) is -0.213. The fourth-order valence-corrected chi connectivity index (χ4v) is 1.59. The summed E-state index contributed by atoms with van der Waals surface area (Å²) in [7, 11) is 1.46. The van der Waals surface area contributed by atoms with Crippen LogP contribution in [0.1, 0.15) is 18.9 Å². The smallest absolute Gasteiger partial charge is 0.330 e. The van der Waals surface area contributed by atoms with Gasteiger partial charge >= 0.3 is 5.69 Å². The van der Waals surface area contributed by atoms with Gasteiger partial charge in [0.05, 0.1) is 5.56 Å². The second-order valence-corrected chi connectivity index (χ2v) is 3.45. The molecule has 2 heterocycles. The van der Waals surface area contributed by atoms with E-state index in [0.29, 0.717) is 17.9 Å². The molecule has 1 aromatic rings. The highest BCUT2D eigenvalue weighted by atomic mass is 16.5. The highest BCUT2D eigenvalue weighted by Gasteiger charge is 2.26. The average Bonchev–Trinajstić information content (AvgIpc) is 2.57. The van der Waals surface area contributed by atoms with E-state index in [1.54, 1.807) is 0 Å². The Balaban J connectivity index is 2.59. The van der Waals surface area contributed by atoms with Crippen LogP contribution in [0.25, 0.3) is 0 Å². The summed E-state index contributed by atoms with van der Waals surface area (Å²) in [6.45, 7) is 1.99. The van der Waals surface area contributed by atoms with Crippen molar-refractivity contribution in [2.75, 3.05) is 0 Å². The van der Waals surface area contributed by atoms with E-state index in [9.17, 15) is 9.59 Å². The first-order valence-electron chi connectivity index (χ1n) is 4.62. The second kappa shape index (κ2) is 3.01. The molecule has 5 heteroatoms. The quantitative estimate of drug-likeness (QED) is 0.675. The molecule has 0 saturated heterocycles. The van der Waals surface area contributed by atoms with Crippen molar-refractivity contribution in [3.8, 4) is 5.88 Å². The van der Waals surface area contributed by atoms with Crippen LogP contribution in [0.15, 0.2) is 9.59 Å². The number of hydrogen-bond donors (Lipinski definition) is 1. The van der Waals surface area contributed by atoms with E-state index in [2.05, 4.69) is 4.98 Å². The lowest BCUT2D eigenvalue weighted by Gasteiger charge is -2.05. The molecule has 0 unspecified atom stereocenters. The third-order valence-corrected chi connectivity index (χ3v) is 2.53. The van der Waals surface area contributed by atoms with Crippen molar-refractivity contribution in [1.82, 2.24) is 9.55 Å². The number of nitrogens with one attached hydrogen (secondary N) is 1. The zero-order valence-corrected chi connectivity index (χ0v) is 8.16. The zero-order valence-electron chi connectivity index (χ0n) is 8.16. The monoisotopic (exact) mass is 196 g/mol. The number of aromatic nitrogens is 2. The molecule has 2 rings (SSSR count). The maximum absolute atomic E-state index is 11.6. The fourth-order valence-electron chi connectivity index (χ4n) is 1.59. The van der Waals surface area contributed by atoms with Crippen molar-refractivity contribution in [2.45, 2.75) is 25.9 Å². The minimum atomic E-state index is -0.425. The van der Waals surface area contributed by atoms with Gasteiger partial charge in [-0.3, -0.25) is 14.3 Å². The minimum absolute atomic E-state index is 0.0238. The van der Waals surface area contributed by atoms with E-state index < -0.39 is 5.69 Å². The van der Waals surface area contributed by atoms with Gasteiger partial charge in [0.2, 0.25) is 5.88 Å². The largest absolute Gasteiger partial charge is 0.475 e. The fraction of sp³-hybridized carbons (Fsp3) is 0.556. The standard InChI is InChI=1S/C9H12N2O3/c1-3-5-4-6-7(14-5)10-9(13)11(2)8(6)12/h5H,3-4H2,1-2H3,(H,10,13)/t5-/m0/s1. The topological polar surface area (TPSA) is 64.1 Å². The van der Waals surface area contributed by atoms with Crippen LogP contribution in [-0.4, -0.2) is 15.7 Å². The van der Waals surface area contributed by atoms with E-state index in [0.717, 1.165) is 11.0 Å². The van der Waals surface area contributed by atoms with Crippen molar-refractivity contribution < 1.29 is 4.74 Å². The lowest BCUT2D eigenvalue weighted by molar-refractivity contribution is 0.220. The first-order chi connectivity index (χ1) is 6.63. The zero-order chi connectivity index (χ0) is 10.3. The van der Waals surface area contributed by atoms with Gasteiger partial charge in [-0.05, 0) is 6.42 Å². The molecule has 1 aliphatic heterocycles. The molecule has 1 aromatic heterocycles. The van der Waals surface area contributed by atoms with Gasteiger partial charge in [0.25, 0.3) is 5.56 Å². The lowest BCUT2D eigenvalue weighted by Crippen LogP contribution is -2.33. The molecule has 1 aliphatic rings. The van der Waals surface area contributed by atoms with Crippen molar-refractivity contribution >= 4 is 0 Å². The summed E-state index contributed by atoms with van der Waals surface area (Å²) in [5.74, 6) is 0.352. The maximum atomic E-state index is 11.6. The van der Waals surface area contributed by atoms with Crippen LogP contribution >= 0.6 is 0 Å². The van der Waals surface area contributed by atoms with E-state index >= 15 is 0 Å². The maximum Gasteiger partial charge on any atom is 0.330 e. The van der Waals surface area contributed by atoms with E-state index in [1.807, 2.05) is 6.92 Å². The van der Waals surface area contributed by atoms with Crippen molar-refractivity contribution in [1.29, 1.82) is 0 Å². The molecule has 0 saturated carbocycles. The Morgan fingerprint density at radius 1 is 1.57 bits per heavy atom. The lowest BCUT2D eigenvalue weighted by atomic mass is 10.1. The van der Waals surface area contributed by atoms with Crippen LogP contribution < -0.4 is 16.0 Å². The molecule has 0 spiro atoms. The van der Waals surface area contributed by atoms with Crippen molar-refractivity contribution in [2.24, 2.45) is 7.05 Å². The molecule has 5 nitrogen and oxygen atoms in total. The first kappa shape index (κ1) is 9.05. The summed E-state index contributed by atoms with van der Waals surface area (Å²) in [4.78, 5) is 25.4. The normalized spacial score (nSPS) is 19.1. The highest BCUT2D eigenvalue weighted by molar-refractivity contribution is 5.28. The molecule has 0 aliphatic carbocycles. The Hall–Kier alpha value is -1.52. The van der Waals surface area contributed by atoms with Crippen LogP contribution in [0.4, 0.5) is 0 Å². The molecule has 0 amide bonds. The second-order valence-electron chi connectivity index (χ2n) is 3.45. The van der Waals surface area contributed by atoms with Crippen LogP contribution in [0, 0.1) is 0 Å². The van der Waals surface area contributed by atoms with Crippen LogP contribution in [0.3, 0.4) is 0 Å². The number of ether oxygens (including phenoxy) is 1. The van der Waals surface area contributed by atoms with Gasteiger partial charge in [0.1, 0.15) is 6.10 Å². The Morgan fingerprint density at radius 3 is 2.93 bits per heavy atom. The number of fused-ring (bicyclic) bond motifs is 1. The minimum Gasteiger partial charge on any atom is -0.475 e. The number of H-pyrrole nitrogens is 1. The van der Waals surface area contributed by atoms with Gasteiger partial charge in [-0.25, -0.2) is 4.79 Å². The predicted molar refractivity (Wildman–Crippen MR) is 50.7 cm³/mol. The molecule has 0 aromatic carbocycles. The van der Waals surface area contributed by atoms with Crippen molar-refractivity contribution in [3.05, 3.63) is 26.4 Å². The number of nitrogens with zero attached hydrogens (tertiary/aromatic N) is 1. The number of rotatable bonds is 1. The Morgan fingerprint density at radius 2 is 2.29 bits per heavy atom. The molecule has 1 atom stereocenters. The third-order valence-electron chi connectivity index (χ3n) is 2.53. The molecule has 76 valence electrons.